The fraction of sp³-hybridized carbons (Fsp3) is 0.200. The first-order chi connectivity index (χ1) is 8.75. The molecule has 0 unspecified atom stereocenters. The van der Waals surface area contributed by atoms with Crippen LogP contribution in [0.15, 0.2) is 54.6 Å². The van der Waals surface area contributed by atoms with Gasteiger partial charge in [-0.25, -0.2) is 0 Å². The molecule has 0 fully saturated rings. The summed E-state index contributed by atoms with van der Waals surface area (Å²) < 4.78 is 0. The van der Waals surface area contributed by atoms with Gasteiger partial charge in [-0.1, -0.05) is 42.5 Å². The molecule has 3 heteroatoms. The van der Waals surface area contributed by atoms with Crippen LogP contribution in [0.1, 0.15) is 17.2 Å². The largest absolute Gasteiger partial charge is 0.508 e. The molecule has 3 nitrogen and oxygen atoms in total. The van der Waals surface area contributed by atoms with Gasteiger partial charge in [-0.2, -0.15) is 0 Å². The van der Waals surface area contributed by atoms with Crippen LogP contribution in [0.5, 0.6) is 5.75 Å². The molecular weight excluding hydrogens is 226 g/mol. The lowest BCUT2D eigenvalue weighted by Crippen LogP contribution is -2.20. The van der Waals surface area contributed by atoms with Crippen molar-refractivity contribution in [3.63, 3.8) is 0 Å². The first kappa shape index (κ1) is 12.6. The molecule has 0 bridgehead atoms. The van der Waals surface area contributed by atoms with E-state index in [-0.39, 0.29) is 5.75 Å². The summed E-state index contributed by atoms with van der Waals surface area (Å²) >= 11 is 0. The van der Waals surface area contributed by atoms with Crippen molar-refractivity contribution in [3.8, 4) is 5.75 Å². The fourth-order valence-electron chi connectivity index (χ4n) is 1.81. The summed E-state index contributed by atoms with van der Waals surface area (Å²) in [6, 6.07) is 16.6. The molecule has 0 aliphatic carbocycles. The number of rotatable bonds is 5. The van der Waals surface area contributed by atoms with Crippen LogP contribution < -0.4 is 5.32 Å². The van der Waals surface area contributed by atoms with Crippen molar-refractivity contribution in [2.75, 3.05) is 6.54 Å². The van der Waals surface area contributed by atoms with Crippen LogP contribution in [-0.4, -0.2) is 16.8 Å². The molecule has 0 saturated heterocycles. The summed E-state index contributed by atoms with van der Waals surface area (Å²) in [5.41, 5.74) is 1.90. The summed E-state index contributed by atoms with van der Waals surface area (Å²) in [6.07, 6.45) is -0.511. The average molecular weight is 243 g/mol. The minimum Gasteiger partial charge on any atom is -0.508 e. The predicted molar refractivity (Wildman–Crippen MR) is 71.2 cm³/mol. The van der Waals surface area contributed by atoms with E-state index >= 15 is 0 Å². The molecule has 0 heterocycles. The number of nitrogens with one attached hydrogen (secondary N) is 1. The Morgan fingerprint density at radius 2 is 1.78 bits per heavy atom. The molecule has 1 atom stereocenters. The Balaban J connectivity index is 1.82. The van der Waals surface area contributed by atoms with Gasteiger partial charge in [0.2, 0.25) is 0 Å². The monoisotopic (exact) mass is 243 g/mol. The number of aliphatic hydroxyl groups excluding tert-OH is 1. The predicted octanol–water partition coefficient (Wildman–Crippen LogP) is 2.22. The molecule has 0 spiro atoms. The highest BCUT2D eigenvalue weighted by atomic mass is 16.3. The Morgan fingerprint density at radius 3 is 2.50 bits per heavy atom. The van der Waals surface area contributed by atoms with Crippen molar-refractivity contribution < 1.29 is 10.2 Å². The van der Waals surface area contributed by atoms with Gasteiger partial charge >= 0.3 is 0 Å². The Kier molecular flexibility index (Phi) is 4.34. The van der Waals surface area contributed by atoms with Crippen molar-refractivity contribution >= 4 is 0 Å². The van der Waals surface area contributed by atoms with E-state index in [1.165, 1.54) is 0 Å². The molecular formula is C15H17NO2. The Morgan fingerprint density at radius 1 is 1.00 bits per heavy atom. The SMILES string of the molecule is Oc1cccc(CNC[C@H](O)c2ccccc2)c1. The van der Waals surface area contributed by atoms with Crippen molar-refractivity contribution in [1.29, 1.82) is 0 Å². The van der Waals surface area contributed by atoms with Gasteiger partial charge in [0.05, 0.1) is 6.10 Å². The standard InChI is InChI=1S/C15H17NO2/c17-14-8-4-5-12(9-14)10-16-11-15(18)13-6-2-1-3-7-13/h1-9,15-18H,10-11H2/t15-/m0/s1. The second-order valence-electron chi connectivity index (χ2n) is 4.23. The smallest absolute Gasteiger partial charge is 0.115 e. The van der Waals surface area contributed by atoms with Crippen LogP contribution in [-0.2, 0) is 6.54 Å². The van der Waals surface area contributed by atoms with Crippen molar-refractivity contribution in [2.45, 2.75) is 12.6 Å². The van der Waals surface area contributed by atoms with E-state index in [2.05, 4.69) is 5.32 Å². The number of phenols is 1. The Labute approximate surface area is 107 Å². The number of hydrogen-bond acceptors (Lipinski definition) is 3. The third kappa shape index (κ3) is 3.58. The molecule has 0 aromatic heterocycles. The zero-order valence-electron chi connectivity index (χ0n) is 10.1. The summed E-state index contributed by atoms with van der Waals surface area (Å²) in [5.74, 6) is 0.262. The van der Waals surface area contributed by atoms with Gasteiger partial charge in [-0.15, -0.1) is 0 Å². The quantitative estimate of drug-likeness (QED) is 0.754. The Bertz CT molecular complexity index is 485. The van der Waals surface area contributed by atoms with Crippen molar-refractivity contribution in [2.24, 2.45) is 0 Å². The van der Waals surface area contributed by atoms with Crippen LogP contribution in [0.25, 0.3) is 0 Å². The normalized spacial score (nSPS) is 12.3. The minimum absolute atomic E-state index is 0.262. The highest BCUT2D eigenvalue weighted by molar-refractivity contribution is 5.27. The third-order valence-corrected chi connectivity index (χ3v) is 2.76. The second-order valence-corrected chi connectivity index (χ2v) is 4.23. The van der Waals surface area contributed by atoms with Crippen LogP contribution in [0.4, 0.5) is 0 Å². The van der Waals surface area contributed by atoms with Gasteiger partial charge in [-0.3, -0.25) is 0 Å². The number of hydrogen-bond donors (Lipinski definition) is 3. The summed E-state index contributed by atoms with van der Waals surface area (Å²) in [4.78, 5) is 0. The van der Waals surface area contributed by atoms with Gasteiger partial charge in [0.1, 0.15) is 5.75 Å². The molecule has 2 aromatic carbocycles. The lowest BCUT2D eigenvalue weighted by atomic mass is 10.1. The minimum atomic E-state index is -0.511. The molecule has 0 amide bonds. The van der Waals surface area contributed by atoms with Gasteiger partial charge < -0.3 is 15.5 Å². The second kappa shape index (κ2) is 6.19. The van der Waals surface area contributed by atoms with E-state index in [1.54, 1.807) is 18.2 Å². The highest BCUT2D eigenvalue weighted by Gasteiger charge is 2.05. The topological polar surface area (TPSA) is 52.5 Å². The maximum atomic E-state index is 9.94. The molecule has 0 saturated carbocycles. The van der Waals surface area contributed by atoms with Gasteiger partial charge in [-0.05, 0) is 23.3 Å². The maximum Gasteiger partial charge on any atom is 0.115 e. The van der Waals surface area contributed by atoms with E-state index in [0.29, 0.717) is 13.1 Å². The van der Waals surface area contributed by atoms with Gasteiger partial charge in [0.15, 0.2) is 0 Å². The fourth-order valence-corrected chi connectivity index (χ4v) is 1.81. The first-order valence-electron chi connectivity index (χ1n) is 5.97. The van der Waals surface area contributed by atoms with Crippen LogP contribution in [0, 0.1) is 0 Å². The molecule has 3 N–H and O–H groups in total. The third-order valence-electron chi connectivity index (χ3n) is 2.76. The van der Waals surface area contributed by atoms with Crippen LogP contribution >= 0.6 is 0 Å². The molecule has 0 radical (unpaired) electrons. The molecule has 0 aliphatic heterocycles. The van der Waals surface area contributed by atoms with Gasteiger partial charge in [0, 0.05) is 13.1 Å². The Hall–Kier alpha value is -1.84. The summed E-state index contributed by atoms with van der Waals surface area (Å²) in [5, 5.41) is 22.4. The van der Waals surface area contributed by atoms with E-state index in [4.69, 9.17) is 0 Å². The number of benzene rings is 2. The zero-order chi connectivity index (χ0) is 12.8. The first-order valence-corrected chi connectivity index (χ1v) is 5.97. The number of aromatic hydroxyl groups is 1. The molecule has 2 aromatic rings. The van der Waals surface area contributed by atoms with E-state index in [0.717, 1.165) is 11.1 Å². The highest BCUT2D eigenvalue weighted by Crippen LogP contribution is 2.12. The van der Waals surface area contributed by atoms with Crippen LogP contribution in [0.3, 0.4) is 0 Å². The number of aliphatic hydroxyl groups is 1. The number of phenolic OH excluding ortho intramolecular Hbond substituents is 1. The zero-order valence-corrected chi connectivity index (χ0v) is 10.1. The van der Waals surface area contributed by atoms with Crippen molar-refractivity contribution in [1.82, 2.24) is 5.32 Å². The van der Waals surface area contributed by atoms with Gasteiger partial charge in [0.25, 0.3) is 0 Å². The lowest BCUT2D eigenvalue weighted by molar-refractivity contribution is 0.174. The summed E-state index contributed by atoms with van der Waals surface area (Å²) in [6.45, 7) is 1.11. The maximum absolute atomic E-state index is 9.94. The molecule has 18 heavy (non-hydrogen) atoms. The van der Waals surface area contributed by atoms with E-state index < -0.39 is 6.10 Å². The van der Waals surface area contributed by atoms with Crippen LogP contribution in [0.2, 0.25) is 0 Å². The van der Waals surface area contributed by atoms with E-state index in [1.807, 2.05) is 36.4 Å². The average Bonchev–Trinajstić information content (AvgIpc) is 2.40. The molecule has 0 aliphatic rings. The summed E-state index contributed by atoms with van der Waals surface area (Å²) in [7, 11) is 0. The molecule has 94 valence electrons. The lowest BCUT2D eigenvalue weighted by Gasteiger charge is -2.12. The van der Waals surface area contributed by atoms with E-state index in [9.17, 15) is 10.2 Å². The molecule has 2 rings (SSSR count). The van der Waals surface area contributed by atoms with Crippen molar-refractivity contribution in [3.05, 3.63) is 65.7 Å².